The second-order valence-corrected chi connectivity index (χ2v) is 9.77. The van der Waals surface area contributed by atoms with Crippen molar-refractivity contribution in [1.82, 2.24) is 0 Å². The molecule has 4 nitrogen and oxygen atoms in total. The number of anilines is 1. The number of carbonyl (C=O) groups is 1. The van der Waals surface area contributed by atoms with E-state index in [1.807, 2.05) is 32.9 Å². The van der Waals surface area contributed by atoms with Gasteiger partial charge in [0.25, 0.3) is 10.0 Å². The highest BCUT2D eigenvalue weighted by Crippen LogP contribution is 2.29. The maximum Gasteiger partial charge on any atom is 0.270 e. The van der Waals surface area contributed by atoms with Crippen LogP contribution in [0, 0.1) is 5.41 Å². The molecular weight excluding hydrogens is 358 g/mol. The summed E-state index contributed by atoms with van der Waals surface area (Å²) in [7, 11) is -3.97. The zero-order valence-electron chi connectivity index (χ0n) is 16.6. The summed E-state index contributed by atoms with van der Waals surface area (Å²) in [4.78, 5) is 13.1. The van der Waals surface area contributed by atoms with Crippen molar-refractivity contribution in [3.63, 3.8) is 0 Å². The van der Waals surface area contributed by atoms with Crippen LogP contribution in [0.25, 0.3) is 0 Å². The van der Waals surface area contributed by atoms with Crippen molar-refractivity contribution in [1.29, 1.82) is 0 Å². The van der Waals surface area contributed by atoms with Gasteiger partial charge in [-0.05, 0) is 48.1 Å². The third-order valence-corrected chi connectivity index (χ3v) is 5.94. The number of benzene rings is 2. The number of hydrogen-bond donors (Lipinski definition) is 0. The highest BCUT2D eigenvalue weighted by molar-refractivity contribution is 7.93. The highest BCUT2D eigenvalue weighted by Gasteiger charge is 2.32. The van der Waals surface area contributed by atoms with Gasteiger partial charge in [0.2, 0.25) is 5.91 Å². The van der Waals surface area contributed by atoms with Crippen LogP contribution in [-0.4, -0.2) is 14.3 Å². The van der Waals surface area contributed by atoms with E-state index in [0.717, 1.165) is 29.1 Å². The van der Waals surface area contributed by atoms with Crippen molar-refractivity contribution in [2.24, 2.45) is 5.41 Å². The highest BCUT2D eigenvalue weighted by atomic mass is 32.2. The zero-order valence-corrected chi connectivity index (χ0v) is 17.4. The van der Waals surface area contributed by atoms with Gasteiger partial charge in [-0.3, -0.25) is 4.79 Å². The van der Waals surface area contributed by atoms with Gasteiger partial charge >= 0.3 is 0 Å². The van der Waals surface area contributed by atoms with Gasteiger partial charge in [0.1, 0.15) is 0 Å². The minimum Gasteiger partial charge on any atom is -0.273 e. The van der Waals surface area contributed by atoms with Crippen LogP contribution in [0.1, 0.15) is 52.5 Å². The van der Waals surface area contributed by atoms with E-state index in [1.165, 1.54) is 12.1 Å². The Morgan fingerprint density at radius 2 is 1.56 bits per heavy atom. The molecule has 27 heavy (non-hydrogen) atoms. The van der Waals surface area contributed by atoms with E-state index in [2.05, 4.69) is 6.92 Å². The molecule has 146 valence electrons. The predicted molar refractivity (Wildman–Crippen MR) is 110 cm³/mol. The molecule has 0 aliphatic rings. The van der Waals surface area contributed by atoms with Gasteiger partial charge < -0.3 is 0 Å². The summed E-state index contributed by atoms with van der Waals surface area (Å²) >= 11 is 0. The standard InChI is InChI=1S/C22H29NO3S/c1-5-6-10-18-13-15-19(16-14-18)23(21(24)17-22(2,3)4)27(25,26)20-11-8-7-9-12-20/h7-9,11-16H,5-6,10,17H2,1-4H3. The van der Waals surface area contributed by atoms with Crippen molar-refractivity contribution < 1.29 is 13.2 Å². The number of amides is 1. The monoisotopic (exact) mass is 387 g/mol. The normalized spacial score (nSPS) is 12.0. The first-order valence-electron chi connectivity index (χ1n) is 9.37. The molecule has 0 fully saturated rings. The van der Waals surface area contributed by atoms with Crippen molar-refractivity contribution in [3.05, 3.63) is 60.2 Å². The summed E-state index contributed by atoms with van der Waals surface area (Å²) in [6.45, 7) is 7.90. The molecule has 0 bridgehead atoms. The largest absolute Gasteiger partial charge is 0.273 e. The molecule has 0 spiro atoms. The van der Waals surface area contributed by atoms with Crippen molar-refractivity contribution in [2.75, 3.05) is 4.31 Å². The summed E-state index contributed by atoms with van der Waals surface area (Å²) in [5.41, 5.74) is 1.21. The molecule has 0 aromatic heterocycles. The number of aryl methyl sites for hydroxylation is 1. The summed E-state index contributed by atoms with van der Waals surface area (Å²) in [5, 5.41) is 0. The Hall–Kier alpha value is -2.14. The number of rotatable bonds is 7. The average Bonchev–Trinajstić information content (AvgIpc) is 2.60. The predicted octanol–water partition coefficient (Wildman–Crippen LogP) is 5.19. The molecule has 0 atom stereocenters. The smallest absolute Gasteiger partial charge is 0.270 e. The molecule has 0 radical (unpaired) electrons. The van der Waals surface area contributed by atoms with E-state index in [9.17, 15) is 13.2 Å². The number of nitrogens with zero attached hydrogens (tertiary/aromatic N) is 1. The van der Waals surface area contributed by atoms with Gasteiger partial charge in [0.15, 0.2) is 0 Å². The molecular formula is C22H29NO3S. The average molecular weight is 388 g/mol. The van der Waals surface area contributed by atoms with Crippen molar-refractivity contribution >= 4 is 21.6 Å². The van der Waals surface area contributed by atoms with Gasteiger partial charge in [0.05, 0.1) is 10.6 Å². The molecule has 0 heterocycles. The fraction of sp³-hybridized carbons (Fsp3) is 0.409. The van der Waals surface area contributed by atoms with Crippen LogP contribution >= 0.6 is 0 Å². The van der Waals surface area contributed by atoms with E-state index >= 15 is 0 Å². The van der Waals surface area contributed by atoms with E-state index in [4.69, 9.17) is 0 Å². The summed E-state index contributed by atoms with van der Waals surface area (Å²) in [5.74, 6) is -0.423. The van der Waals surface area contributed by atoms with Gasteiger partial charge in [-0.1, -0.05) is 64.4 Å². The number of carbonyl (C=O) groups excluding carboxylic acids is 1. The summed E-state index contributed by atoms with van der Waals surface area (Å²) in [6.07, 6.45) is 3.25. The minimum atomic E-state index is -3.97. The van der Waals surface area contributed by atoms with Gasteiger partial charge in [-0.15, -0.1) is 0 Å². The lowest BCUT2D eigenvalue weighted by Gasteiger charge is -2.26. The molecule has 0 saturated heterocycles. The molecule has 0 aliphatic heterocycles. The Morgan fingerprint density at radius 1 is 0.963 bits per heavy atom. The molecule has 2 aromatic rings. The van der Waals surface area contributed by atoms with Crippen LogP contribution < -0.4 is 4.31 Å². The van der Waals surface area contributed by atoms with Crippen LogP contribution in [-0.2, 0) is 21.2 Å². The Bertz CT molecular complexity index is 851. The van der Waals surface area contributed by atoms with Crippen molar-refractivity contribution in [3.8, 4) is 0 Å². The number of sulfonamides is 1. The second kappa shape index (κ2) is 8.70. The molecule has 0 unspecified atom stereocenters. The molecule has 5 heteroatoms. The fourth-order valence-electron chi connectivity index (χ4n) is 2.82. The molecule has 0 saturated carbocycles. The molecule has 0 N–H and O–H groups in total. The van der Waals surface area contributed by atoms with E-state index < -0.39 is 15.9 Å². The first kappa shape index (κ1) is 21.2. The van der Waals surface area contributed by atoms with Gasteiger partial charge in [-0.25, -0.2) is 12.7 Å². The Balaban J connectivity index is 2.46. The zero-order chi connectivity index (χ0) is 20.1. The summed E-state index contributed by atoms with van der Waals surface area (Å²) < 4.78 is 27.4. The van der Waals surface area contributed by atoms with Crippen molar-refractivity contribution in [2.45, 2.75) is 58.3 Å². The quantitative estimate of drug-likeness (QED) is 0.657. The lowest BCUT2D eigenvalue weighted by atomic mass is 9.92. The van der Waals surface area contributed by atoms with Crippen LogP contribution in [0.2, 0.25) is 0 Å². The van der Waals surface area contributed by atoms with E-state index in [-0.39, 0.29) is 16.7 Å². The lowest BCUT2D eigenvalue weighted by Crippen LogP contribution is -2.38. The minimum absolute atomic E-state index is 0.113. The molecule has 2 rings (SSSR count). The van der Waals surface area contributed by atoms with Gasteiger partial charge in [0, 0.05) is 6.42 Å². The number of hydrogen-bond acceptors (Lipinski definition) is 3. The Labute approximate surface area is 163 Å². The maximum absolute atomic E-state index is 13.2. The summed E-state index contributed by atoms with van der Waals surface area (Å²) in [6, 6.07) is 15.4. The molecule has 2 aromatic carbocycles. The Morgan fingerprint density at radius 3 is 2.07 bits per heavy atom. The fourth-order valence-corrected chi connectivity index (χ4v) is 4.26. The second-order valence-electron chi connectivity index (χ2n) is 7.98. The van der Waals surface area contributed by atoms with E-state index in [0.29, 0.717) is 5.69 Å². The van der Waals surface area contributed by atoms with Crippen LogP contribution in [0.5, 0.6) is 0 Å². The number of unbranched alkanes of at least 4 members (excludes halogenated alkanes) is 1. The molecule has 0 aliphatic carbocycles. The van der Waals surface area contributed by atoms with E-state index in [1.54, 1.807) is 30.3 Å². The first-order chi connectivity index (χ1) is 12.6. The van der Waals surface area contributed by atoms with Crippen LogP contribution in [0.4, 0.5) is 5.69 Å². The topological polar surface area (TPSA) is 54.5 Å². The SMILES string of the molecule is CCCCc1ccc(N(C(=O)CC(C)(C)C)S(=O)(=O)c2ccccc2)cc1. The first-order valence-corrected chi connectivity index (χ1v) is 10.8. The van der Waals surface area contributed by atoms with Gasteiger partial charge in [-0.2, -0.15) is 0 Å². The maximum atomic E-state index is 13.2. The third-order valence-electron chi connectivity index (χ3n) is 4.18. The Kier molecular flexibility index (Phi) is 6.82. The van der Waals surface area contributed by atoms with Crippen LogP contribution in [0.15, 0.2) is 59.5 Å². The molecule has 1 amide bonds. The lowest BCUT2D eigenvalue weighted by molar-refractivity contribution is -0.119. The third kappa shape index (κ3) is 5.67. The van der Waals surface area contributed by atoms with Crippen LogP contribution in [0.3, 0.4) is 0 Å².